The maximum atomic E-state index is 10.9. The highest BCUT2D eigenvalue weighted by atomic mass is 32.2. The number of hydrogen-bond donors (Lipinski definition) is 2. The van der Waals surface area contributed by atoms with Crippen LogP contribution < -0.4 is 5.32 Å². The summed E-state index contributed by atoms with van der Waals surface area (Å²) in [6.07, 6.45) is 3.48. The first-order valence-corrected chi connectivity index (χ1v) is 5.99. The molecule has 0 bridgehead atoms. The second-order valence-corrected chi connectivity index (χ2v) is 5.01. The van der Waals surface area contributed by atoms with Gasteiger partial charge in [0.2, 0.25) is 0 Å². The minimum absolute atomic E-state index is 0.167. The Morgan fingerprint density at radius 3 is 2.77 bits per heavy atom. The number of nitrogens with one attached hydrogen (secondary N) is 1. The number of carbonyl (C=O) groups is 1. The molecule has 0 radical (unpaired) electrons. The molecule has 1 aliphatic carbocycles. The molecular weight excluding hydrogens is 186 g/mol. The van der Waals surface area contributed by atoms with Crippen molar-refractivity contribution in [1.29, 1.82) is 0 Å². The van der Waals surface area contributed by atoms with Gasteiger partial charge in [0.05, 0.1) is 5.92 Å². The highest BCUT2D eigenvalue weighted by Gasteiger charge is 2.34. The van der Waals surface area contributed by atoms with E-state index in [4.69, 9.17) is 5.11 Å². The number of thioether (sulfide) groups is 1. The minimum atomic E-state index is -0.634. The van der Waals surface area contributed by atoms with Gasteiger partial charge in [-0.25, -0.2) is 0 Å². The molecule has 2 N–H and O–H groups in total. The molecule has 13 heavy (non-hydrogen) atoms. The maximum Gasteiger partial charge on any atom is 0.308 e. The number of aliphatic carboxylic acids is 1. The molecule has 2 rings (SSSR count). The van der Waals surface area contributed by atoms with Crippen LogP contribution in [-0.2, 0) is 4.79 Å². The fourth-order valence-electron chi connectivity index (χ4n) is 1.73. The number of carboxylic acid groups (broad SMARTS) is 1. The summed E-state index contributed by atoms with van der Waals surface area (Å²) >= 11 is 1.76. The number of rotatable bonds is 3. The monoisotopic (exact) mass is 201 g/mol. The Labute approximate surface area is 82.3 Å². The van der Waals surface area contributed by atoms with E-state index in [0.717, 1.165) is 17.9 Å². The summed E-state index contributed by atoms with van der Waals surface area (Å²) in [4.78, 5) is 10.9. The van der Waals surface area contributed by atoms with E-state index in [9.17, 15) is 4.79 Å². The molecule has 2 aliphatic rings. The van der Waals surface area contributed by atoms with E-state index in [2.05, 4.69) is 5.32 Å². The van der Waals surface area contributed by atoms with Crippen molar-refractivity contribution in [3.63, 3.8) is 0 Å². The fourth-order valence-corrected chi connectivity index (χ4v) is 2.95. The summed E-state index contributed by atoms with van der Waals surface area (Å²) in [7, 11) is 0. The molecule has 1 saturated heterocycles. The van der Waals surface area contributed by atoms with Crippen molar-refractivity contribution in [1.82, 2.24) is 5.32 Å². The van der Waals surface area contributed by atoms with Crippen molar-refractivity contribution in [2.75, 3.05) is 11.5 Å². The van der Waals surface area contributed by atoms with Gasteiger partial charge in [-0.2, -0.15) is 11.8 Å². The summed E-state index contributed by atoms with van der Waals surface area (Å²) in [5, 5.41) is 12.4. The average molecular weight is 201 g/mol. The molecule has 2 atom stereocenters. The molecule has 0 amide bonds. The van der Waals surface area contributed by atoms with Crippen LogP contribution in [0.25, 0.3) is 0 Å². The van der Waals surface area contributed by atoms with Crippen LogP contribution in [-0.4, -0.2) is 34.7 Å². The Morgan fingerprint density at radius 1 is 1.38 bits per heavy atom. The predicted octanol–water partition coefficient (Wildman–Crippen LogP) is 0.945. The van der Waals surface area contributed by atoms with E-state index in [0.29, 0.717) is 6.04 Å². The molecule has 0 spiro atoms. The molecule has 0 aromatic carbocycles. The van der Waals surface area contributed by atoms with Crippen LogP contribution in [0.4, 0.5) is 0 Å². The van der Waals surface area contributed by atoms with Crippen molar-refractivity contribution < 1.29 is 9.90 Å². The molecular formula is C9H15NO2S. The quantitative estimate of drug-likeness (QED) is 0.713. The van der Waals surface area contributed by atoms with Crippen LogP contribution in [0.2, 0.25) is 0 Å². The van der Waals surface area contributed by atoms with Gasteiger partial charge in [-0.3, -0.25) is 4.79 Å². The zero-order chi connectivity index (χ0) is 9.26. The normalized spacial score (nSPS) is 34.5. The second-order valence-electron chi connectivity index (χ2n) is 3.86. The zero-order valence-electron chi connectivity index (χ0n) is 7.53. The SMILES string of the molecule is O=C(O)C1CSCCC1NC1CC1. The van der Waals surface area contributed by atoms with Crippen LogP contribution in [0.3, 0.4) is 0 Å². The zero-order valence-corrected chi connectivity index (χ0v) is 8.35. The van der Waals surface area contributed by atoms with E-state index >= 15 is 0 Å². The van der Waals surface area contributed by atoms with Gasteiger partial charge in [-0.1, -0.05) is 0 Å². The molecule has 1 aliphatic heterocycles. The van der Waals surface area contributed by atoms with Crippen LogP contribution >= 0.6 is 11.8 Å². The van der Waals surface area contributed by atoms with Gasteiger partial charge in [0, 0.05) is 17.8 Å². The standard InChI is InChI=1S/C9H15NO2S/c11-9(12)7-5-13-4-3-8(7)10-6-1-2-6/h6-8,10H,1-5H2,(H,11,12). The van der Waals surface area contributed by atoms with E-state index < -0.39 is 5.97 Å². The van der Waals surface area contributed by atoms with Crippen molar-refractivity contribution in [3.8, 4) is 0 Å². The van der Waals surface area contributed by atoms with Gasteiger partial charge in [-0.15, -0.1) is 0 Å². The first kappa shape index (κ1) is 9.34. The van der Waals surface area contributed by atoms with Gasteiger partial charge in [0.25, 0.3) is 0 Å². The number of hydrogen-bond acceptors (Lipinski definition) is 3. The van der Waals surface area contributed by atoms with Crippen molar-refractivity contribution in [2.24, 2.45) is 5.92 Å². The minimum Gasteiger partial charge on any atom is -0.481 e. The van der Waals surface area contributed by atoms with E-state index in [1.54, 1.807) is 11.8 Å². The van der Waals surface area contributed by atoms with Gasteiger partial charge < -0.3 is 10.4 Å². The predicted molar refractivity (Wildman–Crippen MR) is 53.0 cm³/mol. The summed E-state index contributed by atoms with van der Waals surface area (Å²) in [5.41, 5.74) is 0. The van der Waals surface area contributed by atoms with Crippen molar-refractivity contribution in [2.45, 2.75) is 31.3 Å². The van der Waals surface area contributed by atoms with E-state index in [1.165, 1.54) is 12.8 Å². The third-order valence-electron chi connectivity index (χ3n) is 2.70. The smallest absolute Gasteiger partial charge is 0.308 e. The van der Waals surface area contributed by atoms with Crippen LogP contribution in [0, 0.1) is 5.92 Å². The highest BCUT2D eigenvalue weighted by Crippen LogP contribution is 2.27. The Bertz CT molecular complexity index is 206. The molecule has 3 nitrogen and oxygen atoms in total. The summed E-state index contributed by atoms with van der Waals surface area (Å²) in [6.45, 7) is 0. The lowest BCUT2D eigenvalue weighted by Crippen LogP contribution is -2.45. The maximum absolute atomic E-state index is 10.9. The first-order valence-electron chi connectivity index (χ1n) is 4.84. The Kier molecular flexibility index (Phi) is 2.79. The van der Waals surface area contributed by atoms with Crippen LogP contribution in [0.5, 0.6) is 0 Å². The molecule has 1 heterocycles. The summed E-state index contributed by atoms with van der Waals surface area (Å²) in [5.74, 6) is 1.08. The lowest BCUT2D eigenvalue weighted by molar-refractivity contribution is -0.142. The Balaban J connectivity index is 1.90. The lowest BCUT2D eigenvalue weighted by atomic mass is 9.99. The molecule has 2 unspecified atom stereocenters. The third kappa shape index (κ3) is 2.38. The van der Waals surface area contributed by atoms with Crippen molar-refractivity contribution >= 4 is 17.7 Å². The Hall–Kier alpha value is -0.220. The lowest BCUT2D eigenvalue weighted by Gasteiger charge is -2.29. The van der Waals surface area contributed by atoms with Crippen LogP contribution in [0.1, 0.15) is 19.3 Å². The molecule has 74 valence electrons. The van der Waals surface area contributed by atoms with E-state index in [-0.39, 0.29) is 12.0 Å². The van der Waals surface area contributed by atoms with Gasteiger partial charge in [-0.05, 0) is 25.0 Å². The molecule has 0 aromatic rings. The second kappa shape index (κ2) is 3.88. The third-order valence-corrected chi connectivity index (χ3v) is 3.82. The molecule has 0 aromatic heterocycles. The molecule has 2 fully saturated rings. The van der Waals surface area contributed by atoms with Crippen LogP contribution in [0.15, 0.2) is 0 Å². The van der Waals surface area contributed by atoms with E-state index in [1.807, 2.05) is 0 Å². The van der Waals surface area contributed by atoms with Crippen molar-refractivity contribution in [3.05, 3.63) is 0 Å². The summed E-state index contributed by atoms with van der Waals surface area (Å²) < 4.78 is 0. The highest BCUT2D eigenvalue weighted by molar-refractivity contribution is 7.99. The van der Waals surface area contributed by atoms with Gasteiger partial charge in [0.15, 0.2) is 0 Å². The van der Waals surface area contributed by atoms with Gasteiger partial charge >= 0.3 is 5.97 Å². The summed E-state index contributed by atoms with van der Waals surface area (Å²) in [6, 6.07) is 0.848. The average Bonchev–Trinajstić information content (AvgIpc) is 2.89. The number of carboxylic acids is 1. The topological polar surface area (TPSA) is 49.3 Å². The van der Waals surface area contributed by atoms with Gasteiger partial charge in [0.1, 0.15) is 0 Å². The first-order chi connectivity index (χ1) is 6.27. The fraction of sp³-hybridized carbons (Fsp3) is 0.889. The molecule has 4 heteroatoms. The Morgan fingerprint density at radius 2 is 2.15 bits per heavy atom. The molecule has 1 saturated carbocycles. The largest absolute Gasteiger partial charge is 0.481 e.